The monoisotopic (exact) mass is 199 g/mol. The molecule has 3 heteroatoms. The summed E-state index contributed by atoms with van der Waals surface area (Å²) in [6.45, 7) is 3.56. The second-order valence-corrected chi connectivity index (χ2v) is 3.20. The van der Waals surface area contributed by atoms with Gasteiger partial charge >= 0.3 is 0 Å². The van der Waals surface area contributed by atoms with Crippen LogP contribution < -0.4 is 5.73 Å². The van der Waals surface area contributed by atoms with E-state index in [2.05, 4.69) is 6.58 Å². The summed E-state index contributed by atoms with van der Waals surface area (Å²) < 4.78 is 12.8. The molecule has 0 radical (unpaired) electrons. The van der Waals surface area contributed by atoms with Gasteiger partial charge in [-0.15, -0.1) is 6.58 Å². The van der Waals surface area contributed by atoms with Crippen LogP contribution in [0.25, 0.3) is 0 Å². The molecule has 13 heavy (non-hydrogen) atoms. The average molecular weight is 200 g/mol. The van der Waals surface area contributed by atoms with Crippen LogP contribution in [-0.2, 0) is 0 Å². The maximum Gasteiger partial charge on any atom is 0.123 e. The number of hydrogen-bond donors (Lipinski definition) is 1. The van der Waals surface area contributed by atoms with Crippen LogP contribution in [0, 0.1) is 5.82 Å². The first-order valence-corrected chi connectivity index (χ1v) is 4.34. The van der Waals surface area contributed by atoms with Gasteiger partial charge in [-0.05, 0) is 30.2 Å². The molecule has 0 spiro atoms. The normalized spacial score (nSPS) is 12.5. The fourth-order valence-corrected chi connectivity index (χ4v) is 1.36. The van der Waals surface area contributed by atoms with E-state index in [9.17, 15) is 4.39 Å². The predicted octanol–water partition coefficient (Wildman–Crippen LogP) is 3.06. The SMILES string of the molecule is C=CC[C@@H](N)c1cc(F)ccc1Cl. The zero-order valence-electron chi connectivity index (χ0n) is 7.13. The van der Waals surface area contributed by atoms with Gasteiger partial charge in [0.05, 0.1) is 0 Å². The summed E-state index contributed by atoms with van der Waals surface area (Å²) in [5.41, 5.74) is 6.38. The summed E-state index contributed by atoms with van der Waals surface area (Å²) in [4.78, 5) is 0. The summed E-state index contributed by atoms with van der Waals surface area (Å²) in [5, 5.41) is 0.496. The van der Waals surface area contributed by atoms with Gasteiger partial charge in [0, 0.05) is 11.1 Å². The standard InChI is InChI=1S/C10H11ClFN/c1-2-3-10(13)8-6-7(12)4-5-9(8)11/h2,4-6,10H,1,3,13H2/t10-/m1/s1. The van der Waals surface area contributed by atoms with Crippen molar-refractivity contribution in [3.63, 3.8) is 0 Å². The third-order valence-electron chi connectivity index (χ3n) is 1.78. The Kier molecular flexibility index (Phi) is 3.46. The summed E-state index contributed by atoms with van der Waals surface area (Å²) in [6.07, 6.45) is 2.27. The molecule has 0 amide bonds. The van der Waals surface area contributed by atoms with Crippen molar-refractivity contribution in [2.45, 2.75) is 12.5 Å². The minimum absolute atomic E-state index is 0.277. The molecule has 0 fully saturated rings. The molecule has 1 aromatic carbocycles. The van der Waals surface area contributed by atoms with Crippen molar-refractivity contribution in [1.29, 1.82) is 0 Å². The molecule has 1 aromatic rings. The van der Waals surface area contributed by atoms with Gasteiger partial charge in [-0.1, -0.05) is 17.7 Å². The lowest BCUT2D eigenvalue weighted by Gasteiger charge is -2.11. The fraction of sp³-hybridized carbons (Fsp3) is 0.200. The van der Waals surface area contributed by atoms with Crippen molar-refractivity contribution in [3.05, 3.63) is 47.3 Å². The lowest BCUT2D eigenvalue weighted by atomic mass is 10.0. The first-order valence-electron chi connectivity index (χ1n) is 3.96. The van der Waals surface area contributed by atoms with Crippen molar-refractivity contribution in [1.82, 2.24) is 0 Å². The van der Waals surface area contributed by atoms with Crippen LogP contribution in [0.1, 0.15) is 18.0 Å². The predicted molar refractivity (Wildman–Crippen MR) is 53.2 cm³/mol. The van der Waals surface area contributed by atoms with E-state index < -0.39 is 0 Å². The Balaban J connectivity index is 2.97. The van der Waals surface area contributed by atoms with Gasteiger partial charge in [0.1, 0.15) is 5.82 Å². The van der Waals surface area contributed by atoms with Gasteiger partial charge in [0.15, 0.2) is 0 Å². The van der Waals surface area contributed by atoms with E-state index in [1.807, 2.05) is 0 Å². The van der Waals surface area contributed by atoms with Gasteiger partial charge < -0.3 is 5.73 Å². The maximum absolute atomic E-state index is 12.8. The van der Waals surface area contributed by atoms with Crippen LogP contribution in [0.2, 0.25) is 5.02 Å². The van der Waals surface area contributed by atoms with Gasteiger partial charge in [-0.3, -0.25) is 0 Å². The van der Waals surface area contributed by atoms with Crippen LogP contribution in [-0.4, -0.2) is 0 Å². The molecule has 0 aliphatic rings. The van der Waals surface area contributed by atoms with Crippen LogP contribution in [0.5, 0.6) is 0 Å². The quantitative estimate of drug-likeness (QED) is 0.744. The molecule has 2 N–H and O–H groups in total. The van der Waals surface area contributed by atoms with Crippen LogP contribution in [0.15, 0.2) is 30.9 Å². The van der Waals surface area contributed by atoms with E-state index in [-0.39, 0.29) is 11.9 Å². The first kappa shape index (κ1) is 10.2. The molecule has 1 atom stereocenters. The van der Waals surface area contributed by atoms with Crippen LogP contribution in [0.4, 0.5) is 4.39 Å². The Morgan fingerprint density at radius 2 is 2.31 bits per heavy atom. The molecule has 1 rings (SSSR count). The molecule has 0 aliphatic heterocycles. The maximum atomic E-state index is 12.8. The molecule has 0 saturated carbocycles. The Bertz CT molecular complexity index is 312. The smallest absolute Gasteiger partial charge is 0.123 e. The topological polar surface area (TPSA) is 26.0 Å². The zero-order valence-corrected chi connectivity index (χ0v) is 7.89. The summed E-state index contributed by atoms with van der Waals surface area (Å²) in [7, 11) is 0. The third kappa shape index (κ3) is 2.54. The van der Waals surface area contributed by atoms with Gasteiger partial charge in [0.25, 0.3) is 0 Å². The van der Waals surface area contributed by atoms with E-state index in [1.165, 1.54) is 18.2 Å². The van der Waals surface area contributed by atoms with Gasteiger partial charge in [-0.2, -0.15) is 0 Å². The Labute approximate surface area is 82.0 Å². The minimum Gasteiger partial charge on any atom is -0.324 e. The lowest BCUT2D eigenvalue weighted by Crippen LogP contribution is -2.09. The molecule has 0 saturated heterocycles. The molecule has 0 unspecified atom stereocenters. The summed E-state index contributed by atoms with van der Waals surface area (Å²) >= 11 is 5.85. The highest BCUT2D eigenvalue weighted by molar-refractivity contribution is 6.31. The summed E-state index contributed by atoms with van der Waals surface area (Å²) in [6, 6.07) is 3.90. The van der Waals surface area contributed by atoms with Crippen LogP contribution >= 0.6 is 11.6 Å². The average Bonchev–Trinajstić information content (AvgIpc) is 2.09. The van der Waals surface area contributed by atoms with Crippen LogP contribution in [0.3, 0.4) is 0 Å². The summed E-state index contributed by atoms with van der Waals surface area (Å²) in [5.74, 6) is -0.320. The Hall–Kier alpha value is -0.860. The first-order chi connectivity index (χ1) is 6.15. The molecular weight excluding hydrogens is 189 g/mol. The highest BCUT2D eigenvalue weighted by Gasteiger charge is 2.09. The van der Waals surface area contributed by atoms with Gasteiger partial charge in [0.2, 0.25) is 0 Å². The van der Waals surface area contributed by atoms with Crippen molar-refractivity contribution < 1.29 is 4.39 Å². The highest BCUT2D eigenvalue weighted by Crippen LogP contribution is 2.24. The van der Waals surface area contributed by atoms with Crippen molar-refractivity contribution in [2.75, 3.05) is 0 Å². The second kappa shape index (κ2) is 4.40. The fourth-order valence-electron chi connectivity index (χ4n) is 1.11. The molecule has 70 valence electrons. The molecule has 0 aromatic heterocycles. The Morgan fingerprint density at radius 3 is 2.92 bits per heavy atom. The molecular formula is C10H11ClFN. The third-order valence-corrected chi connectivity index (χ3v) is 2.12. The van der Waals surface area contributed by atoms with E-state index in [0.717, 1.165) is 0 Å². The Morgan fingerprint density at radius 1 is 1.62 bits per heavy atom. The number of rotatable bonds is 3. The number of nitrogens with two attached hydrogens (primary N) is 1. The zero-order chi connectivity index (χ0) is 9.84. The van der Waals surface area contributed by atoms with Crippen molar-refractivity contribution in [2.24, 2.45) is 5.73 Å². The van der Waals surface area contributed by atoms with Crippen molar-refractivity contribution >= 4 is 11.6 Å². The highest BCUT2D eigenvalue weighted by atomic mass is 35.5. The molecule has 1 nitrogen and oxygen atoms in total. The van der Waals surface area contributed by atoms with E-state index in [0.29, 0.717) is 17.0 Å². The van der Waals surface area contributed by atoms with E-state index in [1.54, 1.807) is 6.08 Å². The number of halogens is 2. The number of hydrogen-bond acceptors (Lipinski definition) is 1. The minimum atomic E-state index is -0.320. The van der Waals surface area contributed by atoms with E-state index in [4.69, 9.17) is 17.3 Å². The molecule has 0 aliphatic carbocycles. The van der Waals surface area contributed by atoms with Crippen molar-refractivity contribution in [3.8, 4) is 0 Å². The second-order valence-electron chi connectivity index (χ2n) is 2.80. The lowest BCUT2D eigenvalue weighted by molar-refractivity contribution is 0.620. The van der Waals surface area contributed by atoms with Gasteiger partial charge in [-0.25, -0.2) is 4.39 Å². The number of benzene rings is 1. The molecule has 0 heterocycles. The largest absolute Gasteiger partial charge is 0.324 e. The molecule has 0 bridgehead atoms. The van der Waals surface area contributed by atoms with E-state index >= 15 is 0 Å².